The van der Waals surface area contributed by atoms with Crippen molar-refractivity contribution in [1.82, 2.24) is 9.97 Å². The van der Waals surface area contributed by atoms with Gasteiger partial charge in [-0.25, -0.2) is 9.97 Å². The van der Waals surface area contributed by atoms with Gasteiger partial charge in [0.1, 0.15) is 0 Å². The standard InChI is InChI=1S/C50H32N2S/c1-3-11-33(12-4-1)36-19-22-37(23-20-36)46-32-47(52-50(51-46)40-24-21-35-15-7-8-16-38(35)27-40)43-29-41(34-13-5-2-6-14-34)28-42(30-43)39-25-26-45-44-17-9-10-18-48(44)53-49(45)31-39/h1-32H. The Morgan fingerprint density at radius 1 is 0.283 bits per heavy atom. The molecule has 10 aromatic rings. The van der Waals surface area contributed by atoms with Crippen molar-refractivity contribution in [3.05, 3.63) is 194 Å². The van der Waals surface area contributed by atoms with Crippen LogP contribution in [-0.4, -0.2) is 9.97 Å². The summed E-state index contributed by atoms with van der Waals surface area (Å²) >= 11 is 1.85. The molecule has 2 nitrogen and oxygen atoms in total. The Kier molecular flexibility index (Phi) is 7.71. The summed E-state index contributed by atoms with van der Waals surface area (Å²) in [7, 11) is 0. The van der Waals surface area contributed by atoms with Crippen LogP contribution in [-0.2, 0) is 0 Å². The van der Waals surface area contributed by atoms with Crippen LogP contribution in [0.5, 0.6) is 0 Å². The van der Waals surface area contributed by atoms with E-state index in [2.05, 4.69) is 194 Å². The molecule has 0 unspecified atom stereocenters. The Balaban J connectivity index is 1.16. The molecule has 53 heavy (non-hydrogen) atoms. The van der Waals surface area contributed by atoms with E-state index < -0.39 is 0 Å². The van der Waals surface area contributed by atoms with E-state index in [1.54, 1.807) is 0 Å². The van der Waals surface area contributed by atoms with Crippen LogP contribution in [0, 0.1) is 0 Å². The summed E-state index contributed by atoms with van der Waals surface area (Å²) < 4.78 is 2.60. The Morgan fingerprint density at radius 3 is 1.58 bits per heavy atom. The summed E-state index contributed by atoms with van der Waals surface area (Å²) in [5.41, 5.74) is 11.9. The van der Waals surface area contributed by atoms with Gasteiger partial charge in [-0.3, -0.25) is 0 Å². The Labute approximate surface area is 312 Å². The molecule has 0 atom stereocenters. The van der Waals surface area contributed by atoms with Crippen LogP contribution in [0.4, 0.5) is 0 Å². The van der Waals surface area contributed by atoms with Gasteiger partial charge in [0.2, 0.25) is 0 Å². The summed E-state index contributed by atoms with van der Waals surface area (Å²) in [5, 5.41) is 4.97. The third-order valence-corrected chi connectivity index (χ3v) is 11.2. The first-order valence-electron chi connectivity index (χ1n) is 17.9. The highest BCUT2D eigenvalue weighted by Gasteiger charge is 2.15. The number of hydrogen-bond donors (Lipinski definition) is 0. The lowest BCUT2D eigenvalue weighted by Gasteiger charge is -2.14. The van der Waals surface area contributed by atoms with E-state index in [-0.39, 0.29) is 0 Å². The highest BCUT2D eigenvalue weighted by molar-refractivity contribution is 7.25. The molecular weight excluding hydrogens is 661 g/mol. The number of rotatable bonds is 6. The van der Waals surface area contributed by atoms with E-state index in [9.17, 15) is 0 Å². The third kappa shape index (κ3) is 5.97. The second-order valence-electron chi connectivity index (χ2n) is 13.4. The van der Waals surface area contributed by atoms with Crippen molar-refractivity contribution in [2.45, 2.75) is 0 Å². The average molecular weight is 693 g/mol. The van der Waals surface area contributed by atoms with Gasteiger partial charge in [0.25, 0.3) is 0 Å². The van der Waals surface area contributed by atoms with Crippen molar-refractivity contribution in [3.8, 4) is 67.3 Å². The monoisotopic (exact) mass is 692 g/mol. The van der Waals surface area contributed by atoms with Gasteiger partial charge < -0.3 is 0 Å². The van der Waals surface area contributed by atoms with E-state index in [1.807, 2.05) is 11.3 Å². The van der Waals surface area contributed by atoms with E-state index in [0.29, 0.717) is 5.82 Å². The molecule has 248 valence electrons. The highest BCUT2D eigenvalue weighted by atomic mass is 32.1. The molecule has 2 aromatic heterocycles. The van der Waals surface area contributed by atoms with Gasteiger partial charge >= 0.3 is 0 Å². The summed E-state index contributed by atoms with van der Waals surface area (Å²) in [6.45, 7) is 0. The van der Waals surface area contributed by atoms with Crippen molar-refractivity contribution in [2.24, 2.45) is 0 Å². The van der Waals surface area contributed by atoms with Crippen molar-refractivity contribution in [2.75, 3.05) is 0 Å². The Hall–Kier alpha value is -6.68. The molecule has 0 amide bonds. The predicted octanol–water partition coefficient (Wildman–Crippen LogP) is 14.0. The zero-order valence-corrected chi connectivity index (χ0v) is 29.6. The third-order valence-electron chi connectivity index (χ3n) is 10.1. The maximum absolute atomic E-state index is 5.31. The first-order chi connectivity index (χ1) is 26.2. The van der Waals surface area contributed by atoms with E-state index in [0.717, 1.165) is 44.6 Å². The zero-order chi connectivity index (χ0) is 35.1. The fourth-order valence-electron chi connectivity index (χ4n) is 7.31. The number of benzene rings is 8. The van der Waals surface area contributed by atoms with Gasteiger partial charge in [0.05, 0.1) is 11.4 Å². The van der Waals surface area contributed by atoms with Crippen LogP contribution in [0.2, 0.25) is 0 Å². The maximum Gasteiger partial charge on any atom is 0.160 e. The van der Waals surface area contributed by atoms with E-state index in [4.69, 9.17) is 9.97 Å². The predicted molar refractivity (Wildman–Crippen MR) is 225 cm³/mol. The largest absolute Gasteiger partial charge is 0.228 e. The van der Waals surface area contributed by atoms with Gasteiger partial charge in [-0.1, -0.05) is 152 Å². The number of aromatic nitrogens is 2. The molecule has 0 radical (unpaired) electrons. The molecule has 3 heteroatoms. The van der Waals surface area contributed by atoms with E-state index in [1.165, 1.54) is 47.8 Å². The van der Waals surface area contributed by atoms with Gasteiger partial charge in [-0.15, -0.1) is 11.3 Å². The zero-order valence-electron chi connectivity index (χ0n) is 28.8. The Bertz CT molecular complexity index is 2930. The van der Waals surface area contributed by atoms with Crippen molar-refractivity contribution in [1.29, 1.82) is 0 Å². The number of thiophene rings is 1. The first-order valence-corrected chi connectivity index (χ1v) is 18.7. The van der Waals surface area contributed by atoms with Crippen LogP contribution in [0.25, 0.3) is 98.2 Å². The number of nitrogens with zero attached hydrogens (tertiary/aromatic N) is 2. The van der Waals surface area contributed by atoms with Crippen molar-refractivity contribution < 1.29 is 0 Å². The molecule has 0 fully saturated rings. The normalized spacial score (nSPS) is 11.4. The molecule has 8 aromatic carbocycles. The van der Waals surface area contributed by atoms with Gasteiger partial charge in [0, 0.05) is 36.9 Å². The highest BCUT2D eigenvalue weighted by Crippen LogP contribution is 2.39. The molecule has 10 rings (SSSR count). The molecule has 2 heterocycles. The van der Waals surface area contributed by atoms with E-state index >= 15 is 0 Å². The molecule has 0 aliphatic heterocycles. The lowest BCUT2D eigenvalue weighted by molar-refractivity contribution is 1.18. The van der Waals surface area contributed by atoms with Crippen LogP contribution in [0.15, 0.2) is 194 Å². The molecule has 0 aliphatic rings. The fourth-order valence-corrected chi connectivity index (χ4v) is 8.45. The molecular formula is C50H32N2S. The first kappa shape index (κ1) is 31.1. The average Bonchev–Trinajstić information content (AvgIpc) is 3.62. The molecule has 0 saturated heterocycles. The lowest BCUT2D eigenvalue weighted by atomic mass is 9.94. The molecule has 0 spiro atoms. The molecule has 0 saturated carbocycles. The molecule has 0 bridgehead atoms. The molecule has 0 N–H and O–H groups in total. The smallest absolute Gasteiger partial charge is 0.160 e. The van der Waals surface area contributed by atoms with Gasteiger partial charge in [-0.2, -0.15) is 0 Å². The lowest BCUT2D eigenvalue weighted by Crippen LogP contribution is -1.97. The number of fused-ring (bicyclic) bond motifs is 4. The summed E-state index contributed by atoms with van der Waals surface area (Å²) in [5.74, 6) is 0.703. The minimum absolute atomic E-state index is 0.703. The van der Waals surface area contributed by atoms with Gasteiger partial charge in [0.15, 0.2) is 5.82 Å². The summed E-state index contributed by atoms with van der Waals surface area (Å²) in [6, 6.07) is 69.3. The minimum atomic E-state index is 0.703. The van der Waals surface area contributed by atoms with Crippen molar-refractivity contribution in [3.63, 3.8) is 0 Å². The van der Waals surface area contributed by atoms with Crippen LogP contribution in [0.3, 0.4) is 0 Å². The summed E-state index contributed by atoms with van der Waals surface area (Å²) in [4.78, 5) is 10.5. The minimum Gasteiger partial charge on any atom is -0.228 e. The van der Waals surface area contributed by atoms with Crippen LogP contribution >= 0.6 is 11.3 Å². The summed E-state index contributed by atoms with van der Waals surface area (Å²) in [6.07, 6.45) is 0. The Morgan fingerprint density at radius 2 is 0.811 bits per heavy atom. The maximum atomic E-state index is 5.31. The van der Waals surface area contributed by atoms with Crippen LogP contribution < -0.4 is 0 Å². The van der Waals surface area contributed by atoms with Crippen LogP contribution in [0.1, 0.15) is 0 Å². The topological polar surface area (TPSA) is 25.8 Å². The molecule has 0 aliphatic carbocycles. The second kappa shape index (κ2) is 13.1. The van der Waals surface area contributed by atoms with Crippen molar-refractivity contribution >= 4 is 42.3 Å². The fraction of sp³-hybridized carbons (Fsp3) is 0. The van der Waals surface area contributed by atoms with Gasteiger partial charge in [-0.05, 0) is 86.6 Å². The second-order valence-corrected chi connectivity index (χ2v) is 14.5. The quantitative estimate of drug-likeness (QED) is 0.173. The SMILES string of the molecule is c1ccc(-c2ccc(-c3cc(-c4cc(-c5ccccc5)cc(-c5ccc6c(c5)sc5ccccc56)c4)nc(-c4ccc5ccccc5c4)n3)cc2)cc1. The number of hydrogen-bond acceptors (Lipinski definition) is 3.